The second kappa shape index (κ2) is 6.78. The van der Waals surface area contributed by atoms with Gasteiger partial charge in [-0.2, -0.15) is 0 Å². The van der Waals surface area contributed by atoms with Crippen LogP contribution in [0.1, 0.15) is 19.1 Å². The molecule has 1 aromatic carbocycles. The molecule has 21 heavy (non-hydrogen) atoms. The third-order valence-electron chi connectivity index (χ3n) is 3.29. The molecule has 6 heteroatoms. The molecule has 0 fully saturated rings. The molecule has 112 valence electrons. The zero-order valence-electron chi connectivity index (χ0n) is 12.1. The molecule has 0 saturated carbocycles. The maximum atomic E-state index is 11.2. The Morgan fingerprint density at radius 2 is 2.05 bits per heavy atom. The molecule has 2 rings (SSSR count). The number of hydrogen-bond donors (Lipinski definition) is 2. The van der Waals surface area contributed by atoms with E-state index in [0.717, 1.165) is 18.6 Å². The molecule has 1 heterocycles. The summed E-state index contributed by atoms with van der Waals surface area (Å²) >= 11 is 0. The van der Waals surface area contributed by atoms with Gasteiger partial charge < -0.3 is 15.1 Å². The Bertz CT molecular complexity index is 596. The standard InChI is InChI=1S/C15H19N3O3/c1-11(8-9-12-5-4-10-21-12)17-14-7-3-6-13(16-2)15(14)18(19)20/h3-7,10-11,16-17H,8-9H2,1-2H3. The number of furan rings is 1. The van der Waals surface area contributed by atoms with Gasteiger partial charge >= 0.3 is 5.69 Å². The molecule has 0 spiro atoms. The minimum absolute atomic E-state index is 0.0739. The van der Waals surface area contributed by atoms with E-state index < -0.39 is 0 Å². The van der Waals surface area contributed by atoms with Crippen molar-refractivity contribution in [1.82, 2.24) is 0 Å². The van der Waals surface area contributed by atoms with Crippen molar-refractivity contribution in [1.29, 1.82) is 0 Å². The van der Waals surface area contributed by atoms with Crippen molar-refractivity contribution in [3.05, 3.63) is 52.5 Å². The van der Waals surface area contributed by atoms with Crippen molar-refractivity contribution >= 4 is 17.1 Å². The van der Waals surface area contributed by atoms with E-state index in [9.17, 15) is 10.1 Å². The van der Waals surface area contributed by atoms with Crippen LogP contribution in [0, 0.1) is 10.1 Å². The molecule has 0 bridgehead atoms. The maximum absolute atomic E-state index is 11.2. The average molecular weight is 289 g/mol. The molecule has 0 aliphatic rings. The van der Waals surface area contributed by atoms with Crippen LogP contribution in [-0.4, -0.2) is 18.0 Å². The van der Waals surface area contributed by atoms with Gasteiger partial charge in [-0.05, 0) is 37.6 Å². The summed E-state index contributed by atoms with van der Waals surface area (Å²) in [6.45, 7) is 2.00. The summed E-state index contributed by atoms with van der Waals surface area (Å²) in [5.74, 6) is 0.919. The number of hydrogen-bond acceptors (Lipinski definition) is 5. The van der Waals surface area contributed by atoms with Crippen LogP contribution in [0.5, 0.6) is 0 Å². The summed E-state index contributed by atoms with van der Waals surface area (Å²) in [4.78, 5) is 10.9. The number of nitrogens with zero attached hydrogens (tertiary/aromatic N) is 1. The highest BCUT2D eigenvalue weighted by Crippen LogP contribution is 2.33. The smallest absolute Gasteiger partial charge is 0.315 e. The van der Waals surface area contributed by atoms with Gasteiger partial charge in [-0.25, -0.2) is 0 Å². The first-order valence-corrected chi connectivity index (χ1v) is 6.86. The second-order valence-electron chi connectivity index (χ2n) is 4.87. The summed E-state index contributed by atoms with van der Waals surface area (Å²) in [5.41, 5.74) is 1.10. The normalized spacial score (nSPS) is 11.9. The van der Waals surface area contributed by atoms with Gasteiger partial charge in [0.15, 0.2) is 0 Å². The molecule has 1 aromatic heterocycles. The Labute approximate surface area is 123 Å². The molecule has 1 atom stereocenters. The fourth-order valence-electron chi connectivity index (χ4n) is 2.21. The maximum Gasteiger partial charge on any atom is 0.315 e. The molecule has 1 unspecified atom stereocenters. The van der Waals surface area contributed by atoms with Gasteiger partial charge in [-0.15, -0.1) is 0 Å². The van der Waals surface area contributed by atoms with E-state index in [1.165, 1.54) is 0 Å². The van der Waals surface area contributed by atoms with Gasteiger partial charge in [-0.3, -0.25) is 10.1 Å². The van der Waals surface area contributed by atoms with Crippen LogP contribution in [0.3, 0.4) is 0 Å². The lowest BCUT2D eigenvalue weighted by Gasteiger charge is -2.15. The minimum atomic E-state index is -0.368. The lowest BCUT2D eigenvalue weighted by molar-refractivity contribution is -0.383. The number of aryl methyl sites for hydroxylation is 1. The van der Waals surface area contributed by atoms with Crippen LogP contribution in [0.4, 0.5) is 17.1 Å². The molecule has 0 aliphatic carbocycles. The van der Waals surface area contributed by atoms with Crippen LogP contribution in [0.25, 0.3) is 0 Å². The lowest BCUT2D eigenvalue weighted by Crippen LogP contribution is -2.17. The van der Waals surface area contributed by atoms with Crippen molar-refractivity contribution < 1.29 is 9.34 Å². The molecule has 6 nitrogen and oxygen atoms in total. The van der Waals surface area contributed by atoms with Crippen LogP contribution >= 0.6 is 0 Å². The number of nitrogens with one attached hydrogen (secondary N) is 2. The summed E-state index contributed by atoms with van der Waals surface area (Å²) in [6, 6.07) is 9.09. The van der Waals surface area contributed by atoms with Gasteiger partial charge in [-0.1, -0.05) is 6.07 Å². The van der Waals surface area contributed by atoms with Gasteiger partial charge in [0.1, 0.15) is 17.1 Å². The first kappa shape index (κ1) is 14.9. The summed E-state index contributed by atoms with van der Waals surface area (Å²) in [6.07, 6.45) is 3.27. The number of rotatable bonds is 7. The molecule has 2 aromatic rings. The zero-order valence-corrected chi connectivity index (χ0v) is 12.1. The van der Waals surface area contributed by atoms with Crippen LogP contribution in [0.15, 0.2) is 41.0 Å². The van der Waals surface area contributed by atoms with Crippen molar-refractivity contribution in [2.45, 2.75) is 25.8 Å². The third-order valence-corrected chi connectivity index (χ3v) is 3.29. The van der Waals surface area contributed by atoms with Crippen molar-refractivity contribution in [2.24, 2.45) is 0 Å². The highest BCUT2D eigenvalue weighted by Gasteiger charge is 2.19. The van der Waals surface area contributed by atoms with Crippen molar-refractivity contribution in [2.75, 3.05) is 17.7 Å². The van der Waals surface area contributed by atoms with Gasteiger partial charge in [0.25, 0.3) is 0 Å². The first-order valence-electron chi connectivity index (χ1n) is 6.86. The summed E-state index contributed by atoms with van der Waals surface area (Å²) < 4.78 is 5.29. The molecule has 0 radical (unpaired) electrons. The molecular formula is C15H19N3O3. The Morgan fingerprint density at radius 3 is 2.67 bits per heavy atom. The topological polar surface area (TPSA) is 80.3 Å². The van der Waals surface area contributed by atoms with E-state index >= 15 is 0 Å². The van der Waals surface area contributed by atoms with Gasteiger partial charge in [0, 0.05) is 19.5 Å². The largest absolute Gasteiger partial charge is 0.469 e. The minimum Gasteiger partial charge on any atom is -0.469 e. The predicted octanol–water partition coefficient (Wildman–Crippen LogP) is 3.66. The van der Waals surface area contributed by atoms with Crippen molar-refractivity contribution in [3.63, 3.8) is 0 Å². The summed E-state index contributed by atoms with van der Waals surface area (Å²) in [7, 11) is 1.67. The molecule has 0 aliphatic heterocycles. The van der Waals surface area contributed by atoms with Crippen molar-refractivity contribution in [3.8, 4) is 0 Å². The second-order valence-corrected chi connectivity index (χ2v) is 4.87. The number of nitro groups is 1. The Kier molecular flexibility index (Phi) is 4.81. The number of anilines is 2. The number of benzene rings is 1. The quantitative estimate of drug-likeness (QED) is 0.600. The van der Waals surface area contributed by atoms with E-state index in [1.807, 2.05) is 19.1 Å². The fourth-order valence-corrected chi connectivity index (χ4v) is 2.21. The Balaban J connectivity index is 2.06. The fraction of sp³-hybridized carbons (Fsp3) is 0.333. The number of nitro benzene ring substituents is 1. The van der Waals surface area contributed by atoms with Gasteiger partial charge in [0.2, 0.25) is 0 Å². The third kappa shape index (κ3) is 3.75. The van der Waals surface area contributed by atoms with E-state index in [1.54, 1.807) is 31.5 Å². The van der Waals surface area contributed by atoms with Gasteiger partial charge in [0.05, 0.1) is 11.2 Å². The highest BCUT2D eigenvalue weighted by atomic mass is 16.6. The van der Waals surface area contributed by atoms with E-state index in [0.29, 0.717) is 11.4 Å². The Morgan fingerprint density at radius 1 is 1.29 bits per heavy atom. The highest BCUT2D eigenvalue weighted by molar-refractivity contribution is 5.76. The summed E-state index contributed by atoms with van der Waals surface area (Å²) in [5, 5.41) is 17.3. The SMILES string of the molecule is CNc1cccc(NC(C)CCc2ccco2)c1[N+](=O)[O-]. The molecular weight excluding hydrogens is 270 g/mol. The molecule has 2 N–H and O–H groups in total. The number of para-hydroxylation sites is 1. The molecule has 0 saturated heterocycles. The van der Waals surface area contributed by atoms with Crippen LogP contribution in [0.2, 0.25) is 0 Å². The first-order chi connectivity index (χ1) is 10.1. The monoisotopic (exact) mass is 289 g/mol. The average Bonchev–Trinajstić information content (AvgIpc) is 2.97. The lowest BCUT2D eigenvalue weighted by atomic mass is 10.1. The van der Waals surface area contributed by atoms with E-state index in [4.69, 9.17) is 4.42 Å². The van der Waals surface area contributed by atoms with E-state index in [-0.39, 0.29) is 16.7 Å². The van der Waals surface area contributed by atoms with E-state index in [2.05, 4.69) is 10.6 Å². The predicted molar refractivity (Wildman–Crippen MR) is 82.8 cm³/mol. The van der Waals surface area contributed by atoms with Crippen LogP contribution in [-0.2, 0) is 6.42 Å². The van der Waals surface area contributed by atoms with Crippen LogP contribution < -0.4 is 10.6 Å². The molecule has 0 amide bonds. The zero-order chi connectivity index (χ0) is 15.2. The Hall–Kier alpha value is -2.50.